The number of rotatable bonds is 9. The summed E-state index contributed by atoms with van der Waals surface area (Å²) in [5, 5.41) is 19.2. The van der Waals surface area contributed by atoms with E-state index < -0.39 is 0 Å². The Hall–Kier alpha value is -1.81. The van der Waals surface area contributed by atoms with Crippen LogP contribution in [-0.2, 0) is 0 Å². The predicted molar refractivity (Wildman–Crippen MR) is 134 cm³/mol. The Kier molecular flexibility index (Phi) is 12.4. The van der Waals surface area contributed by atoms with Gasteiger partial charge in [-0.1, -0.05) is 18.2 Å². The lowest BCUT2D eigenvalue weighted by atomic mass is 10.0. The van der Waals surface area contributed by atoms with Crippen molar-refractivity contribution in [1.29, 1.82) is 0 Å². The minimum absolute atomic E-state index is 0. The maximum absolute atomic E-state index is 12.1. The van der Waals surface area contributed by atoms with Crippen LogP contribution in [0.1, 0.15) is 43.5 Å². The molecule has 0 saturated carbocycles. The minimum atomic E-state index is -0.184. The molecule has 0 aliphatic carbocycles. The van der Waals surface area contributed by atoms with Crippen LogP contribution in [0.3, 0.4) is 0 Å². The summed E-state index contributed by atoms with van der Waals surface area (Å²) in [6.07, 6.45) is 2.94. The Morgan fingerprint density at radius 2 is 2.03 bits per heavy atom. The molecular weight excluding hydrogens is 493 g/mol. The molecule has 0 atom stereocenters. The quantitative estimate of drug-likeness (QED) is 0.130. The first-order valence-electron chi connectivity index (χ1n) is 10.5. The second-order valence-corrected chi connectivity index (χ2v) is 7.57. The highest BCUT2D eigenvalue weighted by Crippen LogP contribution is 2.12. The number of likely N-dealkylation sites (tertiary alicyclic amines) is 1. The number of hydrogen-bond donors (Lipinski definition) is 4. The number of aromatic hydroxyl groups is 1. The first-order valence-corrected chi connectivity index (χ1v) is 10.5. The number of nitrogens with one attached hydrogen (secondary N) is 3. The van der Waals surface area contributed by atoms with E-state index in [0.717, 1.165) is 51.4 Å². The number of phenols is 1. The third-order valence-electron chi connectivity index (χ3n) is 4.76. The van der Waals surface area contributed by atoms with Gasteiger partial charge in [0.15, 0.2) is 5.96 Å². The molecule has 0 aromatic heterocycles. The van der Waals surface area contributed by atoms with Gasteiger partial charge in [0, 0.05) is 50.9 Å². The number of piperidine rings is 1. The number of aliphatic imine (C=N–C) groups is 1. The minimum Gasteiger partial charge on any atom is -0.508 e. The summed E-state index contributed by atoms with van der Waals surface area (Å²) < 4.78 is 0. The molecule has 1 saturated heterocycles. The molecule has 1 heterocycles. The molecule has 4 N–H and O–H groups in total. The average Bonchev–Trinajstić information content (AvgIpc) is 2.68. The second kappa shape index (κ2) is 14.2. The van der Waals surface area contributed by atoms with Crippen LogP contribution in [0.25, 0.3) is 0 Å². The average molecular weight is 529 g/mol. The Bertz CT molecular complexity index is 703. The van der Waals surface area contributed by atoms with E-state index in [9.17, 15) is 9.90 Å². The third kappa shape index (κ3) is 9.80. The summed E-state index contributed by atoms with van der Waals surface area (Å²) in [6.45, 7) is 13.2. The number of carbonyl (C=O) groups excluding carboxylic acids is 1. The summed E-state index contributed by atoms with van der Waals surface area (Å²) in [7, 11) is 0. The lowest BCUT2D eigenvalue weighted by molar-refractivity contribution is 0.0953. The van der Waals surface area contributed by atoms with E-state index in [2.05, 4.69) is 46.3 Å². The van der Waals surface area contributed by atoms with Crippen molar-refractivity contribution in [2.45, 2.75) is 39.2 Å². The fraction of sp³-hybridized carbons (Fsp3) is 0.545. The van der Waals surface area contributed by atoms with E-state index in [4.69, 9.17) is 0 Å². The van der Waals surface area contributed by atoms with Crippen LogP contribution in [0.2, 0.25) is 0 Å². The monoisotopic (exact) mass is 529 g/mol. The molecule has 1 aliphatic heterocycles. The molecule has 1 aliphatic rings. The van der Waals surface area contributed by atoms with Gasteiger partial charge in [0.25, 0.3) is 5.91 Å². The van der Waals surface area contributed by atoms with Gasteiger partial charge in [-0.2, -0.15) is 0 Å². The number of benzene rings is 1. The molecule has 0 unspecified atom stereocenters. The highest BCUT2D eigenvalue weighted by atomic mass is 127. The molecule has 1 fully saturated rings. The van der Waals surface area contributed by atoms with Crippen LogP contribution >= 0.6 is 24.0 Å². The number of guanidine groups is 1. The second-order valence-electron chi connectivity index (χ2n) is 7.57. The number of halogens is 1. The van der Waals surface area contributed by atoms with Gasteiger partial charge in [0.1, 0.15) is 5.75 Å². The maximum Gasteiger partial charge on any atom is 0.251 e. The molecule has 2 rings (SSSR count). The van der Waals surface area contributed by atoms with Gasteiger partial charge in [0.05, 0.1) is 0 Å². The molecule has 30 heavy (non-hydrogen) atoms. The van der Waals surface area contributed by atoms with E-state index >= 15 is 0 Å². The number of hydrogen-bond acceptors (Lipinski definition) is 4. The van der Waals surface area contributed by atoms with Crippen LogP contribution in [0.4, 0.5) is 0 Å². The first-order chi connectivity index (χ1) is 14.0. The van der Waals surface area contributed by atoms with Crippen molar-refractivity contribution in [2.75, 3.05) is 39.3 Å². The van der Waals surface area contributed by atoms with Gasteiger partial charge in [-0.3, -0.25) is 14.7 Å². The van der Waals surface area contributed by atoms with E-state index in [1.165, 1.54) is 11.6 Å². The van der Waals surface area contributed by atoms with E-state index in [1.807, 2.05) is 0 Å². The summed E-state index contributed by atoms with van der Waals surface area (Å²) in [5.74, 6) is 0.746. The Morgan fingerprint density at radius 3 is 2.67 bits per heavy atom. The molecular formula is C22H36IN5O2. The van der Waals surface area contributed by atoms with Crippen LogP contribution in [0, 0.1) is 0 Å². The highest BCUT2D eigenvalue weighted by molar-refractivity contribution is 14.0. The van der Waals surface area contributed by atoms with E-state index in [0.29, 0.717) is 24.7 Å². The van der Waals surface area contributed by atoms with Gasteiger partial charge < -0.3 is 21.1 Å². The van der Waals surface area contributed by atoms with Crippen LogP contribution in [-0.4, -0.2) is 67.2 Å². The van der Waals surface area contributed by atoms with Crippen LogP contribution in [0.5, 0.6) is 5.75 Å². The first kappa shape index (κ1) is 26.2. The zero-order valence-electron chi connectivity index (χ0n) is 18.1. The molecule has 1 amide bonds. The molecule has 1 aromatic carbocycles. The fourth-order valence-corrected chi connectivity index (χ4v) is 3.35. The summed E-state index contributed by atoms with van der Waals surface area (Å²) in [5.41, 5.74) is 1.67. The van der Waals surface area contributed by atoms with Crippen molar-refractivity contribution < 1.29 is 9.90 Å². The molecule has 1 aromatic rings. The standard InChI is InChI=1S/C22H35N5O2.HI/c1-4-23-22(26-19-9-13-27(14-10-19)16-17(2)3)25-12-6-11-24-21(29)18-7-5-8-20(28)15-18;/h5,7-8,15,19,28H,2,4,6,9-14,16H2,1,3H3,(H,24,29)(H2,23,25,26);1H. The zero-order chi connectivity index (χ0) is 21.1. The van der Waals surface area contributed by atoms with Gasteiger partial charge >= 0.3 is 0 Å². The number of phenolic OH excluding ortho intramolecular Hbond substituents is 1. The number of amides is 1. The summed E-state index contributed by atoms with van der Waals surface area (Å²) >= 11 is 0. The van der Waals surface area contributed by atoms with E-state index in [1.54, 1.807) is 18.2 Å². The Labute approximate surface area is 197 Å². The van der Waals surface area contributed by atoms with Crippen molar-refractivity contribution >= 4 is 35.8 Å². The maximum atomic E-state index is 12.1. The van der Waals surface area contributed by atoms with Crippen LogP contribution < -0.4 is 16.0 Å². The topological polar surface area (TPSA) is 89.0 Å². The zero-order valence-corrected chi connectivity index (χ0v) is 20.4. The number of nitrogens with zero attached hydrogens (tertiary/aromatic N) is 2. The fourth-order valence-electron chi connectivity index (χ4n) is 3.35. The predicted octanol–water partition coefficient (Wildman–Crippen LogP) is 2.73. The highest BCUT2D eigenvalue weighted by Gasteiger charge is 2.19. The third-order valence-corrected chi connectivity index (χ3v) is 4.76. The molecule has 0 radical (unpaired) electrons. The molecule has 168 valence electrons. The van der Waals surface area contributed by atoms with E-state index in [-0.39, 0.29) is 35.6 Å². The van der Waals surface area contributed by atoms with Crippen molar-refractivity contribution in [3.63, 3.8) is 0 Å². The van der Waals surface area contributed by atoms with Crippen molar-refractivity contribution in [3.05, 3.63) is 42.0 Å². The molecule has 7 nitrogen and oxygen atoms in total. The molecule has 0 spiro atoms. The SMILES string of the molecule is C=C(C)CN1CCC(NC(=NCCCNC(=O)c2cccc(O)c2)NCC)CC1.I. The van der Waals surface area contributed by atoms with Crippen molar-refractivity contribution in [3.8, 4) is 5.75 Å². The van der Waals surface area contributed by atoms with Gasteiger partial charge in [-0.25, -0.2) is 0 Å². The summed E-state index contributed by atoms with van der Waals surface area (Å²) in [6, 6.07) is 6.78. The largest absolute Gasteiger partial charge is 0.508 e. The lowest BCUT2D eigenvalue weighted by Crippen LogP contribution is -2.49. The van der Waals surface area contributed by atoms with Crippen molar-refractivity contribution in [1.82, 2.24) is 20.9 Å². The van der Waals surface area contributed by atoms with Gasteiger partial charge in [-0.05, 0) is 51.3 Å². The normalized spacial score (nSPS) is 15.2. The van der Waals surface area contributed by atoms with Crippen molar-refractivity contribution in [2.24, 2.45) is 4.99 Å². The molecule has 0 bridgehead atoms. The van der Waals surface area contributed by atoms with Crippen LogP contribution in [0.15, 0.2) is 41.4 Å². The molecule has 8 heteroatoms. The van der Waals surface area contributed by atoms with Gasteiger partial charge in [0.2, 0.25) is 0 Å². The number of carbonyl (C=O) groups is 1. The Balaban J connectivity index is 0.00000450. The van der Waals surface area contributed by atoms with Gasteiger partial charge in [-0.15, -0.1) is 24.0 Å². The Morgan fingerprint density at radius 1 is 1.30 bits per heavy atom. The lowest BCUT2D eigenvalue weighted by Gasteiger charge is -2.33. The summed E-state index contributed by atoms with van der Waals surface area (Å²) in [4.78, 5) is 19.1. The smallest absolute Gasteiger partial charge is 0.251 e.